The van der Waals surface area contributed by atoms with Crippen molar-refractivity contribution in [3.8, 4) is 0 Å². The average Bonchev–Trinajstić information content (AvgIpc) is 2.19. The summed E-state index contributed by atoms with van der Waals surface area (Å²) in [6.45, 7) is 10.4. The van der Waals surface area contributed by atoms with Gasteiger partial charge < -0.3 is 14.2 Å². The summed E-state index contributed by atoms with van der Waals surface area (Å²) in [5.41, 5.74) is 1.06. The molecule has 0 aromatic carbocycles. The van der Waals surface area contributed by atoms with E-state index in [4.69, 9.17) is 4.43 Å². The van der Waals surface area contributed by atoms with E-state index in [-0.39, 0.29) is 0 Å². The molecule has 0 bridgehead atoms. The van der Waals surface area contributed by atoms with Gasteiger partial charge in [-0.1, -0.05) is 12.7 Å². The van der Waals surface area contributed by atoms with E-state index >= 15 is 0 Å². The van der Waals surface area contributed by atoms with Gasteiger partial charge in [-0.05, 0) is 38.0 Å². The third-order valence-corrected chi connectivity index (χ3v) is 2.90. The molecule has 0 aliphatic rings. The number of rotatable bonds is 7. The SMILES string of the molecule is C=C(C=C(C=CC=CN(C)C)N(C)C)O[Si](C)(C)C. The molecule has 0 fully saturated rings. The molecule has 4 heteroatoms. The van der Waals surface area contributed by atoms with Crippen molar-refractivity contribution in [2.75, 3.05) is 28.2 Å². The molecular formula is C15H28N2OSi. The van der Waals surface area contributed by atoms with Gasteiger partial charge in [0.15, 0.2) is 0 Å². The molecule has 0 saturated heterocycles. The molecule has 0 saturated carbocycles. The minimum atomic E-state index is -1.58. The molecular weight excluding hydrogens is 252 g/mol. The van der Waals surface area contributed by atoms with Crippen LogP contribution in [0.25, 0.3) is 0 Å². The van der Waals surface area contributed by atoms with Crippen LogP contribution in [0.3, 0.4) is 0 Å². The molecule has 0 radical (unpaired) electrons. The maximum absolute atomic E-state index is 5.84. The quantitative estimate of drug-likeness (QED) is 0.404. The number of likely N-dealkylation sites (N-methyl/N-ethyl adjacent to an activating group) is 1. The monoisotopic (exact) mass is 280 g/mol. The van der Waals surface area contributed by atoms with Crippen LogP contribution in [0.4, 0.5) is 0 Å². The highest BCUT2D eigenvalue weighted by molar-refractivity contribution is 6.70. The van der Waals surface area contributed by atoms with Crippen molar-refractivity contribution in [2.45, 2.75) is 19.6 Å². The Morgan fingerprint density at radius 1 is 1.05 bits per heavy atom. The van der Waals surface area contributed by atoms with Crippen LogP contribution in [0.15, 0.2) is 48.5 Å². The summed E-state index contributed by atoms with van der Waals surface area (Å²) >= 11 is 0. The second-order valence-corrected chi connectivity index (χ2v) is 10.2. The van der Waals surface area contributed by atoms with Crippen LogP contribution < -0.4 is 0 Å². The van der Waals surface area contributed by atoms with Crippen LogP contribution in [0.1, 0.15) is 0 Å². The Morgan fingerprint density at radius 2 is 1.63 bits per heavy atom. The van der Waals surface area contributed by atoms with Gasteiger partial charge in [0.05, 0.1) is 5.76 Å². The van der Waals surface area contributed by atoms with E-state index in [0.29, 0.717) is 0 Å². The van der Waals surface area contributed by atoms with Crippen molar-refractivity contribution < 1.29 is 4.43 Å². The van der Waals surface area contributed by atoms with Gasteiger partial charge in [0.25, 0.3) is 0 Å². The minimum Gasteiger partial charge on any atom is -0.545 e. The smallest absolute Gasteiger partial charge is 0.242 e. The molecule has 0 aliphatic carbocycles. The van der Waals surface area contributed by atoms with Crippen LogP contribution in [-0.2, 0) is 4.43 Å². The van der Waals surface area contributed by atoms with Crippen LogP contribution in [0.5, 0.6) is 0 Å². The second kappa shape index (κ2) is 7.89. The van der Waals surface area contributed by atoms with Gasteiger partial charge in [-0.2, -0.15) is 0 Å². The van der Waals surface area contributed by atoms with E-state index in [2.05, 4.69) is 26.2 Å². The first-order valence-electron chi connectivity index (χ1n) is 6.40. The molecule has 0 N–H and O–H groups in total. The lowest BCUT2D eigenvalue weighted by Crippen LogP contribution is -2.24. The third kappa shape index (κ3) is 10.2. The maximum Gasteiger partial charge on any atom is 0.242 e. The standard InChI is InChI=1S/C15H28N2OSi/c1-14(18-19(6,7)8)13-15(17(4)5)11-9-10-12-16(2)3/h9-13H,1H2,2-8H3. The largest absolute Gasteiger partial charge is 0.545 e. The van der Waals surface area contributed by atoms with Crippen molar-refractivity contribution in [1.29, 1.82) is 0 Å². The molecule has 0 aromatic rings. The first kappa shape index (κ1) is 17.6. The number of hydrogen-bond acceptors (Lipinski definition) is 3. The van der Waals surface area contributed by atoms with Crippen molar-refractivity contribution in [1.82, 2.24) is 9.80 Å². The van der Waals surface area contributed by atoms with Crippen LogP contribution in [0, 0.1) is 0 Å². The van der Waals surface area contributed by atoms with Crippen LogP contribution in [-0.4, -0.2) is 46.3 Å². The summed E-state index contributed by atoms with van der Waals surface area (Å²) in [5, 5.41) is 0. The highest BCUT2D eigenvalue weighted by Crippen LogP contribution is 2.13. The lowest BCUT2D eigenvalue weighted by Gasteiger charge is -2.21. The predicted molar refractivity (Wildman–Crippen MR) is 87.3 cm³/mol. The molecule has 0 aliphatic heterocycles. The molecule has 0 aromatic heterocycles. The van der Waals surface area contributed by atoms with Gasteiger partial charge in [0, 0.05) is 40.0 Å². The topological polar surface area (TPSA) is 15.7 Å². The first-order chi connectivity index (χ1) is 8.61. The summed E-state index contributed by atoms with van der Waals surface area (Å²) in [5.74, 6) is 0.726. The minimum absolute atomic E-state index is 0.726. The van der Waals surface area contributed by atoms with Gasteiger partial charge in [0.1, 0.15) is 0 Å². The van der Waals surface area contributed by atoms with Gasteiger partial charge in [0.2, 0.25) is 8.32 Å². The van der Waals surface area contributed by atoms with E-state index in [0.717, 1.165) is 11.5 Å². The van der Waals surface area contributed by atoms with Crippen LogP contribution in [0.2, 0.25) is 19.6 Å². The molecule has 3 nitrogen and oxygen atoms in total. The number of hydrogen-bond donors (Lipinski definition) is 0. The fraction of sp³-hybridized carbons (Fsp3) is 0.467. The third-order valence-electron chi connectivity index (χ3n) is 2.02. The Balaban J connectivity index is 4.78. The van der Waals surface area contributed by atoms with Crippen molar-refractivity contribution in [3.05, 3.63) is 48.5 Å². The maximum atomic E-state index is 5.84. The van der Waals surface area contributed by atoms with Gasteiger partial charge in [-0.15, -0.1) is 0 Å². The van der Waals surface area contributed by atoms with Crippen molar-refractivity contribution >= 4 is 8.32 Å². The molecule has 0 rings (SSSR count). The molecule has 0 spiro atoms. The predicted octanol–water partition coefficient (Wildman–Crippen LogP) is 3.43. The Morgan fingerprint density at radius 3 is 2.05 bits per heavy atom. The molecule has 0 atom stereocenters. The Bertz CT molecular complexity index is 374. The Labute approximate surface area is 119 Å². The van der Waals surface area contributed by atoms with E-state index in [9.17, 15) is 0 Å². The highest BCUT2D eigenvalue weighted by Gasteiger charge is 2.16. The average molecular weight is 280 g/mol. The van der Waals surface area contributed by atoms with Gasteiger partial charge in [-0.3, -0.25) is 0 Å². The Kier molecular flexibility index (Phi) is 7.30. The fourth-order valence-corrected chi connectivity index (χ4v) is 2.14. The van der Waals surface area contributed by atoms with Crippen LogP contribution >= 0.6 is 0 Å². The van der Waals surface area contributed by atoms with E-state index in [1.807, 2.05) is 68.5 Å². The fourth-order valence-electron chi connectivity index (χ4n) is 1.29. The number of nitrogens with zero attached hydrogens (tertiary/aromatic N) is 2. The highest BCUT2D eigenvalue weighted by atomic mass is 28.4. The van der Waals surface area contributed by atoms with Gasteiger partial charge in [-0.25, -0.2) is 0 Å². The summed E-state index contributed by atoms with van der Waals surface area (Å²) in [6, 6.07) is 0. The van der Waals surface area contributed by atoms with E-state index < -0.39 is 8.32 Å². The van der Waals surface area contributed by atoms with E-state index in [1.165, 1.54) is 0 Å². The molecule has 108 valence electrons. The zero-order valence-electron chi connectivity index (χ0n) is 13.4. The zero-order chi connectivity index (χ0) is 15.1. The zero-order valence-corrected chi connectivity index (χ0v) is 14.4. The second-order valence-electron chi connectivity index (χ2n) is 5.81. The molecule has 0 heterocycles. The normalized spacial score (nSPS) is 13.1. The van der Waals surface area contributed by atoms with Gasteiger partial charge >= 0.3 is 0 Å². The summed E-state index contributed by atoms with van der Waals surface area (Å²) < 4.78 is 5.84. The molecule has 0 unspecified atom stereocenters. The lowest BCUT2D eigenvalue weighted by atomic mass is 10.3. The van der Waals surface area contributed by atoms with Crippen molar-refractivity contribution in [3.63, 3.8) is 0 Å². The lowest BCUT2D eigenvalue weighted by molar-refractivity contribution is 0.437. The Hall–Kier alpha value is -1.42. The summed E-state index contributed by atoms with van der Waals surface area (Å²) in [4.78, 5) is 4.04. The van der Waals surface area contributed by atoms with E-state index in [1.54, 1.807) is 0 Å². The molecule has 19 heavy (non-hydrogen) atoms. The summed E-state index contributed by atoms with van der Waals surface area (Å²) in [7, 11) is 6.43. The number of allylic oxidation sites excluding steroid dienone is 4. The van der Waals surface area contributed by atoms with Crippen molar-refractivity contribution in [2.24, 2.45) is 0 Å². The summed E-state index contributed by atoms with van der Waals surface area (Å²) in [6.07, 6.45) is 10.0. The molecule has 0 amide bonds. The first-order valence-corrected chi connectivity index (χ1v) is 9.81.